The van der Waals surface area contributed by atoms with Gasteiger partial charge in [0.2, 0.25) is 0 Å². The van der Waals surface area contributed by atoms with E-state index in [0.29, 0.717) is 0 Å². The number of hydrogen-bond acceptors (Lipinski definition) is 1. The zero-order chi connectivity index (χ0) is 11.3. The molecule has 0 bridgehead atoms. The van der Waals surface area contributed by atoms with E-state index in [-0.39, 0.29) is 0 Å². The van der Waals surface area contributed by atoms with Gasteiger partial charge in [0.15, 0.2) is 0 Å². The van der Waals surface area contributed by atoms with E-state index in [1.54, 1.807) is 0 Å². The van der Waals surface area contributed by atoms with E-state index in [1.165, 1.54) is 15.6 Å². The van der Waals surface area contributed by atoms with Crippen molar-refractivity contribution in [3.8, 4) is 0 Å². The van der Waals surface area contributed by atoms with Crippen molar-refractivity contribution in [2.45, 2.75) is 27.2 Å². The predicted molar refractivity (Wildman–Crippen MR) is 70.3 cm³/mol. The van der Waals surface area contributed by atoms with E-state index in [4.69, 9.17) is 0 Å². The lowest BCUT2D eigenvalue weighted by atomic mass is 10.1. The maximum absolute atomic E-state index is 3.51. The van der Waals surface area contributed by atoms with Crippen molar-refractivity contribution in [1.82, 2.24) is 5.32 Å². The van der Waals surface area contributed by atoms with Crippen LogP contribution in [0.1, 0.15) is 25.0 Å². The molecule has 0 aliphatic carbocycles. The Hall–Kier alpha value is -0.340. The molecular formula is C13H20BrN. The minimum atomic E-state index is 0.730. The molecular weight excluding hydrogens is 250 g/mol. The molecule has 0 saturated heterocycles. The molecule has 0 aliphatic heterocycles. The third-order valence-corrected chi connectivity index (χ3v) is 2.93. The van der Waals surface area contributed by atoms with Crippen LogP contribution in [-0.4, -0.2) is 13.1 Å². The summed E-state index contributed by atoms with van der Waals surface area (Å²) in [6.45, 7) is 8.81. The molecule has 0 unspecified atom stereocenters. The molecule has 0 amide bonds. The van der Waals surface area contributed by atoms with E-state index in [9.17, 15) is 0 Å². The van der Waals surface area contributed by atoms with Crippen LogP contribution in [0.25, 0.3) is 0 Å². The maximum atomic E-state index is 3.51. The summed E-state index contributed by atoms with van der Waals surface area (Å²) in [5.74, 6) is 0.730. The number of rotatable bonds is 5. The highest BCUT2D eigenvalue weighted by molar-refractivity contribution is 9.10. The zero-order valence-electron chi connectivity index (χ0n) is 9.81. The van der Waals surface area contributed by atoms with Gasteiger partial charge in [0, 0.05) is 4.47 Å². The summed E-state index contributed by atoms with van der Waals surface area (Å²) in [6, 6.07) is 6.48. The Kier molecular flexibility index (Phi) is 5.34. The van der Waals surface area contributed by atoms with E-state index in [2.05, 4.69) is 60.2 Å². The fraction of sp³-hybridized carbons (Fsp3) is 0.538. The second kappa shape index (κ2) is 6.29. The first-order valence-electron chi connectivity index (χ1n) is 5.55. The van der Waals surface area contributed by atoms with Gasteiger partial charge in [-0.25, -0.2) is 0 Å². The second-order valence-electron chi connectivity index (χ2n) is 4.42. The van der Waals surface area contributed by atoms with Crippen molar-refractivity contribution in [2.24, 2.45) is 5.92 Å². The van der Waals surface area contributed by atoms with E-state index < -0.39 is 0 Å². The molecule has 1 aromatic carbocycles. The minimum absolute atomic E-state index is 0.730. The molecule has 0 saturated carbocycles. The van der Waals surface area contributed by atoms with Gasteiger partial charge in [0.05, 0.1) is 0 Å². The summed E-state index contributed by atoms with van der Waals surface area (Å²) in [5, 5.41) is 3.46. The number of aryl methyl sites for hydroxylation is 1. The van der Waals surface area contributed by atoms with Crippen LogP contribution in [0.4, 0.5) is 0 Å². The molecule has 1 N–H and O–H groups in total. The number of benzene rings is 1. The van der Waals surface area contributed by atoms with E-state index >= 15 is 0 Å². The molecule has 0 aromatic heterocycles. The Morgan fingerprint density at radius 1 is 1.33 bits per heavy atom. The monoisotopic (exact) mass is 269 g/mol. The summed E-state index contributed by atoms with van der Waals surface area (Å²) < 4.78 is 1.17. The predicted octanol–water partition coefficient (Wildman–Crippen LogP) is 3.55. The molecule has 0 radical (unpaired) electrons. The highest BCUT2D eigenvalue weighted by Crippen LogP contribution is 2.16. The van der Waals surface area contributed by atoms with E-state index in [1.807, 2.05) is 0 Å². The van der Waals surface area contributed by atoms with Gasteiger partial charge in [0.1, 0.15) is 0 Å². The topological polar surface area (TPSA) is 12.0 Å². The average Bonchev–Trinajstić information content (AvgIpc) is 2.17. The largest absolute Gasteiger partial charge is 0.316 e. The molecule has 84 valence electrons. The summed E-state index contributed by atoms with van der Waals surface area (Å²) in [5.41, 5.74) is 2.81. The lowest BCUT2D eigenvalue weighted by Gasteiger charge is -2.09. The van der Waals surface area contributed by atoms with Crippen LogP contribution in [-0.2, 0) is 6.42 Å². The third kappa shape index (κ3) is 4.80. The first-order chi connectivity index (χ1) is 7.09. The van der Waals surface area contributed by atoms with Crippen LogP contribution in [0.2, 0.25) is 0 Å². The summed E-state index contributed by atoms with van der Waals surface area (Å²) in [4.78, 5) is 0. The molecule has 2 heteroatoms. The Morgan fingerprint density at radius 2 is 2.07 bits per heavy atom. The van der Waals surface area contributed by atoms with Gasteiger partial charge >= 0.3 is 0 Å². The minimum Gasteiger partial charge on any atom is -0.316 e. The van der Waals surface area contributed by atoms with E-state index in [0.717, 1.165) is 25.4 Å². The van der Waals surface area contributed by atoms with Crippen molar-refractivity contribution in [1.29, 1.82) is 0 Å². The molecule has 0 heterocycles. The Bertz CT molecular complexity index is 307. The van der Waals surface area contributed by atoms with Crippen LogP contribution in [0.15, 0.2) is 22.7 Å². The molecule has 0 spiro atoms. The van der Waals surface area contributed by atoms with Crippen LogP contribution >= 0.6 is 15.9 Å². The van der Waals surface area contributed by atoms with Crippen molar-refractivity contribution in [3.63, 3.8) is 0 Å². The smallest absolute Gasteiger partial charge is 0.0178 e. The molecule has 15 heavy (non-hydrogen) atoms. The van der Waals surface area contributed by atoms with Gasteiger partial charge < -0.3 is 5.32 Å². The Morgan fingerprint density at radius 3 is 2.73 bits per heavy atom. The maximum Gasteiger partial charge on any atom is 0.0178 e. The molecule has 1 aromatic rings. The van der Waals surface area contributed by atoms with Gasteiger partial charge in [-0.2, -0.15) is 0 Å². The quantitative estimate of drug-likeness (QED) is 0.807. The van der Waals surface area contributed by atoms with Gasteiger partial charge in [-0.3, -0.25) is 0 Å². The molecule has 0 fully saturated rings. The zero-order valence-corrected chi connectivity index (χ0v) is 11.4. The Labute approximate surface area is 101 Å². The first-order valence-corrected chi connectivity index (χ1v) is 6.34. The van der Waals surface area contributed by atoms with Crippen molar-refractivity contribution < 1.29 is 0 Å². The molecule has 1 rings (SSSR count). The summed E-state index contributed by atoms with van der Waals surface area (Å²) in [7, 11) is 0. The normalized spacial score (nSPS) is 11.0. The number of hydrogen-bond donors (Lipinski definition) is 1. The number of halogens is 1. The SMILES string of the molecule is Cc1ccc(Br)cc1CCNCC(C)C. The van der Waals surface area contributed by atoms with Crippen LogP contribution in [0.3, 0.4) is 0 Å². The lowest BCUT2D eigenvalue weighted by molar-refractivity contribution is 0.554. The van der Waals surface area contributed by atoms with Gasteiger partial charge in [0.25, 0.3) is 0 Å². The number of nitrogens with one attached hydrogen (secondary N) is 1. The summed E-state index contributed by atoms with van der Waals surface area (Å²) >= 11 is 3.51. The van der Waals surface area contributed by atoms with Crippen molar-refractivity contribution in [3.05, 3.63) is 33.8 Å². The molecule has 0 atom stereocenters. The third-order valence-electron chi connectivity index (χ3n) is 2.43. The Balaban J connectivity index is 2.40. The van der Waals surface area contributed by atoms with Crippen LogP contribution in [0.5, 0.6) is 0 Å². The van der Waals surface area contributed by atoms with Crippen molar-refractivity contribution >= 4 is 15.9 Å². The van der Waals surface area contributed by atoms with Gasteiger partial charge in [-0.1, -0.05) is 35.8 Å². The first kappa shape index (κ1) is 12.7. The van der Waals surface area contributed by atoms with Gasteiger partial charge in [-0.05, 0) is 55.6 Å². The van der Waals surface area contributed by atoms with Crippen molar-refractivity contribution in [2.75, 3.05) is 13.1 Å². The standard InChI is InChI=1S/C13H20BrN/c1-10(2)9-15-7-6-12-8-13(14)5-4-11(12)3/h4-5,8,10,15H,6-7,9H2,1-3H3. The van der Waals surface area contributed by atoms with Gasteiger partial charge in [-0.15, -0.1) is 0 Å². The fourth-order valence-corrected chi connectivity index (χ4v) is 1.93. The van der Waals surface area contributed by atoms with Crippen LogP contribution < -0.4 is 5.32 Å². The average molecular weight is 270 g/mol. The second-order valence-corrected chi connectivity index (χ2v) is 5.33. The summed E-state index contributed by atoms with van der Waals surface area (Å²) in [6.07, 6.45) is 1.11. The molecule has 1 nitrogen and oxygen atoms in total. The van der Waals surface area contributed by atoms with Crippen LogP contribution in [0, 0.1) is 12.8 Å². The highest BCUT2D eigenvalue weighted by atomic mass is 79.9. The fourth-order valence-electron chi connectivity index (χ4n) is 1.52. The molecule has 0 aliphatic rings. The lowest BCUT2D eigenvalue weighted by Crippen LogP contribution is -2.22. The highest BCUT2D eigenvalue weighted by Gasteiger charge is 1.99.